The van der Waals surface area contributed by atoms with Crippen LogP contribution in [-0.2, 0) is 4.74 Å². The predicted octanol–water partition coefficient (Wildman–Crippen LogP) is 4.35. The van der Waals surface area contributed by atoms with Gasteiger partial charge >= 0.3 is 6.09 Å². The number of ether oxygens (including phenoxy) is 1. The van der Waals surface area contributed by atoms with Crippen LogP contribution in [0.15, 0.2) is 28.7 Å². The van der Waals surface area contributed by atoms with Crippen molar-refractivity contribution in [3.05, 3.63) is 34.3 Å². The number of nitrogens with zero attached hydrogens (tertiary/aromatic N) is 2. The summed E-state index contributed by atoms with van der Waals surface area (Å²) in [6.45, 7) is 11.7. The lowest BCUT2D eigenvalue weighted by Crippen LogP contribution is -2.28. The normalized spacial score (nSPS) is 17.0. The molecule has 0 bridgehead atoms. The van der Waals surface area contributed by atoms with Crippen LogP contribution >= 0.6 is 15.9 Å². The second-order valence-corrected chi connectivity index (χ2v) is 6.49. The number of methoxy groups -OCH3 is 1. The van der Waals surface area contributed by atoms with Gasteiger partial charge in [0.2, 0.25) is 0 Å². The Hall–Kier alpha value is -1.07. The van der Waals surface area contributed by atoms with Crippen molar-refractivity contribution in [2.45, 2.75) is 33.1 Å². The summed E-state index contributed by atoms with van der Waals surface area (Å²) in [5.74, 6) is 0.437. The summed E-state index contributed by atoms with van der Waals surface area (Å²) in [6, 6.07) is 8.29. The lowest BCUT2D eigenvalue weighted by molar-refractivity contribution is 0.132. The highest BCUT2D eigenvalue weighted by atomic mass is 79.9. The van der Waals surface area contributed by atoms with Crippen LogP contribution in [0.3, 0.4) is 0 Å². The number of amides is 1. The van der Waals surface area contributed by atoms with E-state index in [1.807, 2.05) is 12.1 Å². The van der Waals surface area contributed by atoms with E-state index in [9.17, 15) is 4.79 Å². The average Bonchev–Trinajstić information content (AvgIpc) is 3.07. The third kappa shape index (κ3) is 6.51. The Morgan fingerprint density at radius 1 is 1.22 bits per heavy atom. The third-order valence-corrected chi connectivity index (χ3v) is 4.83. The molecule has 5 heteroatoms. The molecule has 1 amide bonds. The van der Waals surface area contributed by atoms with E-state index in [0.29, 0.717) is 5.92 Å². The van der Waals surface area contributed by atoms with E-state index in [1.165, 1.54) is 32.3 Å². The largest absolute Gasteiger partial charge is 0.453 e. The van der Waals surface area contributed by atoms with Gasteiger partial charge in [-0.05, 0) is 43.8 Å². The molecule has 1 atom stereocenters. The number of carbonyl (C=O) groups is 1. The molecule has 2 rings (SSSR count). The molecule has 4 nitrogen and oxygen atoms in total. The number of likely N-dealkylation sites (tertiary alicyclic amines) is 1. The Balaban J connectivity index is 0.000000322. The number of benzene rings is 1. The fourth-order valence-electron chi connectivity index (χ4n) is 2.73. The summed E-state index contributed by atoms with van der Waals surface area (Å²) in [5, 5.41) is 0. The van der Waals surface area contributed by atoms with Crippen LogP contribution in [0.5, 0.6) is 0 Å². The monoisotopic (exact) mass is 384 g/mol. The molecular formula is C18H29BrN2O2. The highest BCUT2D eigenvalue weighted by Gasteiger charge is 2.27. The van der Waals surface area contributed by atoms with Gasteiger partial charge in [0, 0.05) is 23.5 Å². The quantitative estimate of drug-likeness (QED) is 0.773. The van der Waals surface area contributed by atoms with E-state index in [2.05, 4.69) is 53.7 Å². The first kappa shape index (κ1) is 20.0. The lowest BCUT2D eigenvalue weighted by Gasteiger charge is -2.14. The van der Waals surface area contributed by atoms with Gasteiger partial charge < -0.3 is 14.5 Å². The van der Waals surface area contributed by atoms with E-state index in [1.54, 1.807) is 4.90 Å². The van der Waals surface area contributed by atoms with Crippen molar-refractivity contribution in [1.82, 2.24) is 9.80 Å². The van der Waals surface area contributed by atoms with Gasteiger partial charge in [0.25, 0.3) is 0 Å². The molecule has 1 aromatic carbocycles. The molecule has 0 spiro atoms. The van der Waals surface area contributed by atoms with E-state index in [-0.39, 0.29) is 6.09 Å². The van der Waals surface area contributed by atoms with Gasteiger partial charge in [-0.25, -0.2) is 4.79 Å². The van der Waals surface area contributed by atoms with Crippen LogP contribution in [0.4, 0.5) is 4.79 Å². The van der Waals surface area contributed by atoms with Gasteiger partial charge in [0.15, 0.2) is 0 Å². The summed E-state index contributed by atoms with van der Waals surface area (Å²) in [4.78, 5) is 15.5. The second kappa shape index (κ2) is 10.7. The van der Waals surface area contributed by atoms with Gasteiger partial charge in [-0.2, -0.15) is 0 Å². The number of hydrogen-bond acceptors (Lipinski definition) is 3. The van der Waals surface area contributed by atoms with Crippen LogP contribution in [-0.4, -0.2) is 55.7 Å². The zero-order valence-electron chi connectivity index (χ0n) is 14.7. The second-order valence-electron chi connectivity index (χ2n) is 5.57. The molecule has 0 aliphatic carbocycles. The fourth-order valence-corrected chi connectivity index (χ4v) is 3.00. The summed E-state index contributed by atoms with van der Waals surface area (Å²) < 4.78 is 5.80. The van der Waals surface area contributed by atoms with Crippen molar-refractivity contribution in [3.63, 3.8) is 0 Å². The smallest absolute Gasteiger partial charge is 0.409 e. The first-order chi connectivity index (χ1) is 11.0. The number of hydrogen-bond donors (Lipinski definition) is 0. The van der Waals surface area contributed by atoms with Gasteiger partial charge in [-0.1, -0.05) is 48.8 Å². The molecule has 1 fully saturated rings. The Labute approximate surface area is 148 Å². The number of carbonyl (C=O) groups excluding carboxylic acids is 1. The van der Waals surface area contributed by atoms with Crippen LogP contribution in [0, 0.1) is 0 Å². The summed E-state index contributed by atoms with van der Waals surface area (Å²) in [5.41, 5.74) is 1.29. The van der Waals surface area contributed by atoms with Crippen LogP contribution in [0.1, 0.15) is 38.7 Å². The Morgan fingerprint density at radius 3 is 2.22 bits per heavy atom. The fraction of sp³-hybridized carbons (Fsp3) is 0.611. The van der Waals surface area contributed by atoms with Gasteiger partial charge in [-0.3, -0.25) is 0 Å². The molecule has 23 heavy (non-hydrogen) atoms. The summed E-state index contributed by atoms with van der Waals surface area (Å²) in [7, 11) is 1.43. The molecule has 1 heterocycles. The van der Waals surface area contributed by atoms with Crippen molar-refractivity contribution in [3.8, 4) is 0 Å². The van der Waals surface area contributed by atoms with Crippen molar-refractivity contribution in [2.24, 2.45) is 0 Å². The average molecular weight is 385 g/mol. The molecule has 1 aliphatic rings. The third-order valence-electron chi connectivity index (χ3n) is 4.30. The van der Waals surface area contributed by atoms with Crippen LogP contribution in [0.25, 0.3) is 0 Å². The first-order valence-electron chi connectivity index (χ1n) is 8.36. The Morgan fingerprint density at radius 2 is 1.78 bits per heavy atom. The highest BCUT2D eigenvalue weighted by Crippen LogP contribution is 2.28. The maximum absolute atomic E-state index is 11.3. The van der Waals surface area contributed by atoms with Gasteiger partial charge in [0.05, 0.1) is 7.11 Å². The van der Waals surface area contributed by atoms with Crippen molar-refractivity contribution in [1.29, 1.82) is 0 Å². The minimum absolute atomic E-state index is 0.223. The standard InChI is InChI=1S/C12H14BrNO2.C6H15N/c1-16-12(15)14-7-6-10(8-14)9-2-4-11(13)5-3-9;1-4-7(5-2)6-3/h2-5,10H,6-8H2,1H3;4-6H2,1-3H3. The lowest BCUT2D eigenvalue weighted by atomic mass is 9.99. The molecule has 130 valence electrons. The SMILES string of the molecule is CCN(CC)CC.COC(=O)N1CCC(c2ccc(Br)cc2)C1. The van der Waals surface area contributed by atoms with E-state index >= 15 is 0 Å². The van der Waals surface area contributed by atoms with Crippen molar-refractivity contribution >= 4 is 22.0 Å². The Bertz CT molecular complexity index is 455. The van der Waals surface area contributed by atoms with Crippen LogP contribution in [0.2, 0.25) is 0 Å². The maximum atomic E-state index is 11.3. The minimum atomic E-state index is -0.223. The number of halogens is 1. The zero-order valence-corrected chi connectivity index (χ0v) is 16.3. The molecule has 1 aliphatic heterocycles. The van der Waals surface area contributed by atoms with Crippen LogP contribution < -0.4 is 0 Å². The molecule has 0 aromatic heterocycles. The van der Waals surface area contributed by atoms with E-state index < -0.39 is 0 Å². The van der Waals surface area contributed by atoms with Gasteiger partial charge in [0.1, 0.15) is 0 Å². The summed E-state index contributed by atoms with van der Waals surface area (Å²) in [6.07, 6.45) is 0.788. The molecule has 1 unspecified atom stereocenters. The molecule has 0 saturated carbocycles. The topological polar surface area (TPSA) is 32.8 Å². The Kier molecular flexibility index (Phi) is 9.26. The first-order valence-corrected chi connectivity index (χ1v) is 9.15. The predicted molar refractivity (Wildman–Crippen MR) is 98.9 cm³/mol. The molecular weight excluding hydrogens is 356 g/mol. The molecule has 0 radical (unpaired) electrons. The molecule has 0 N–H and O–H groups in total. The van der Waals surface area contributed by atoms with Gasteiger partial charge in [-0.15, -0.1) is 0 Å². The molecule has 1 saturated heterocycles. The summed E-state index contributed by atoms with van der Waals surface area (Å²) >= 11 is 3.42. The number of rotatable bonds is 4. The maximum Gasteiger partial charge on any atom is 0.409 e. The molecule has 1 aromatic rings. The minimum Gasteiger partial charge on any atom is -0.453 e. The van der Waals surface area contributed by atoms with Crippen molar-refractivity contribution < 1.29 is 9.53 Å². The highest BCUT2D eigenvalue weighted by molar-refractivity contribution is 9.10. The zero-order chi connectivity index (χ0) is 17.2. The van der Waals surface area contributed by atoms with E-state index in [4.69, 9.17) is 4.74 Å². The van der Waals surface area contributed by atoms with E-state index in [0.717, 1.165) is 24.0 Å². The van der Waals surface area contributed by atoms with Crippen molar-refractivity contribution in [2.75, 3.05) is 39.8 Å².